The third-order valence-electron chi connectivity index (χ3n) is 24.0. The molecule has 119 heavy (non-hydrogen) atoms. The van der Waals surface area contributed by atoms with E-state index in [0.29, 0.717) is 33.9 Å². The van der Waals surface area contributed by atoms with Crippen LogP contribution in [0.25, 0.3) is 144 Å². The van der Waals surface area contributed by atoms with Crippen LogP contribution in [0.4, 0.5) is 34.1 Å². The Labute approximate surface area is 718 Å². The minimum absolute atomic E-state index is 0.0169. The Kier molecular flexibility index (Phi) is 14.0. The summed E-state index contributed by atoms with van der Waals surface area (Å²) in [4.78, 5) is 4.83. The topological polar surface area (TPSA) is 16.3 Å². The van der Waals surface area contributed by atoms with Gasteiger partial charge < -0.3 is 18.9 Å². The molecule has 19 aromatic rings. The summed E-state index contributed by atoms with van der Waals surface area (Å²) < 4.78 is 144. The molecule has 0 saturated heterocycles. The van der Waals surface area contributed by atoms with E-state index < -0.39 is 71.3 Å². The lowest BCUT2D eigenvalue weighted by atomic mass is 9.33. The molecule has 2 aromatic heterocycles. The number of rotatable bonds is 12. The lowest BCUT2D eigenvalue weighted by Gasteiger charge is -2.47. The molecule has 0 atom stereocenters. The molecule has 570 valence electrons. The van der Waals surface area contributed by atoms with Crippen molar-refractivity contribution in [1.82, 2.24) is 9.13 Å². The first-order chi connectivity index (χ1) is 63.8. The summed E-state index contributed by atoms with van der Waals surface area (Å²) in [7, 11) is 0. The van der Waals surface area contributed by atoms with Crippen LogP contribution >= 0.6 is 0 Å². The number of fused-ring (bicyclic) bond motifs is 10. The zero-order valence-corrected chi connectivity index (χ0v) is 67.7. The van der Waals surface area contributed by atoms with E-state index in [1.54, 1.807) is 57.7 Å². The molecular formula is C114H91BN4. The first kappa shape index (κ1) is 58.8. The fourth-order valence-corrected chi connectivity index (χ4v) is 17.9. The molecular weight excluding hydrogens is 1440 g/mol. The number of benzene rings is 17. The van der Waals surface area contributed by atoms with Crippen LogP contribution in [0.5, 0.6) is 0 Å². The molecule has 4 heterocycles. The molecule has 2 aliphatic rings. The van der Waals surface area contributed by atoms with E-state index in [1.165, 1.54) is 0 Å². The monoisotopic (exact) mass is 1540 g/mol. The first-order valence-electron chi connectivity index (χ1n) is 47.8. The fourth-order valence-electron chi connectivity index (χ4n) is 17.9. The Balaban J connectivity index is 0.979. The minimum atomic E-state index is -0.775. The van der Waals surface area contributed by atoms with Crippen LogP contribution in [0.15, 0.2) is 388 Å². The van der Waals surface area contributed by atoms with E-state index in [9.17, 15) is 19.2 Å². The van der Waals surface area contributed by atoms with Crippen LogP contribution < -0.4 is 26.2 Å². The molecule has 0 saturated carbocycles. The lowest BCUT2D eigenvalue weighted by Crippen LogP contribution is -2.61. The Bertz CT molecular complexity index is 7940. The Morgan fingerprint density at radius 2 is 0.546 bits per heavy atom. The van der Waals surface area contributed by atoms with Crippen molar-refractivity contribution in [2.75, 3.05) is 9.80 Å². The van der Waals surface area contributed by atoms with Crippen LogP contribution in [0.1, 0.15) is 98.2 Å². The smallest absolute Gasteiger partial charge is 0.252 e. The number of hydrogen-bond donors (Lipinski definition) is 0. The maximum atomic E-state index is 10.5. The molecule has 2 aliphatic heterocycles. The van der Waals surface area contributed by atoms with Crippen molar-refractivity contribution in [1.29, 1.82) is 0 Å². The predicted molar refractivity (Wildman–Crippen MR) is 509 cm³/mol. The van der Waals surface area contributed by atoms with Crippen molar-refractivity contribution < 1.29 is 19.2 Å². The van der Waals surface area contributed by atoms with Crippen LogP contribution in [0.2, 0.25) is 0 Å². The lowest BCUT2D eigenvalue weighted by molar-refractivity contribution is 0.590. The molecule has 0 radical (unpaired) electrons. The number of nitrogens with zero attached hydrogens (tertiary/aromatic N) is 4. The summed E-state index contributed by atoms with van der Waals surface area (Å²) in [6.07, 6.45) is 0. The van der Waals surface area contributed by atoms with Crippen molar-refractivity contribution in [2.45, 2.75) is 78.6 Å². The quantitative estimate of drug-likeness (QED) is 0.113. The third-order valence-corrected chi connectivity index (χ3v) is 24.0. The molecule has 0 amide bonds. The molecule has 0 fully saturated rings. The second-order valence-corrected chi connectivity index (χ2v) is 34.5. The van der Waals surface area contributed by atoms with Gasteiger partial charge in [0.1, 0.15) is 0 Å². The molecule has 4 nitrogen and oxygen atoms in total. The highest BCUT2D eigenvalue weighted by Crippen LogP contribution is 2.57. The number of hydrogen-bond acceptors (Lipinski definition) is 2. The van der Waals surface area contributed by atoms with Gasteiger partial charge in [0.25, 0.3) is 6.71 Å². The Hall–Kier alpha value is -14.0. The highest BCUT2D eigenvalue weighted by atomic mass is 15.2. The summed E-state index contributed by atoms with van der Waals surface area (Å²) in [5.41, 5.74) is 21.6. The molecule has 0 bridgehead atoms. The zero-order chi connectivity index (χ0) is 92.8. The van der Waals surface area contributed by atoms with Crippen LogP contribution in [-0.2, 0) is 16.2 Å². The van der Waals surface area contributed by atoms with Crippen molar-refractivity contribution >= 4 is 101 Å². The molecule has 21 rings (SSSR count). The third kappa shape index (κ3) is 12.5. The molecule has 0 N–H and O–H groups in total. The summed E-state index contributed by atoms with van der Waals surface area (Å²) in [5.74, 6) is 0. The standard InChI is InChI=1S/C114H91BN4/c1-112(2,3)86-66-93(78-42-24-14-25-43-78)110(94(67-86)79-44-26-15-27-45-79)118-105-72-89(116-101-52-30-28-50-91(101)97-64-82(54-60-103(97)116)76-38-20-12-21-39-76)56-58-99(105)115-100-59-57-90(117-102-53-31-29-51-92(102)98-65-83(55-61-104(98)117)77-40-22-13-23-41-77)73-106(100)119(108-71-88(114(7,8)9)70-107(118)109(108)115)111-95(84-48-32-46-80(62-84)74-34-16-10-17-35-74)68-87(113(4,5)6)69-96(111)85-49-33-47-81(63-85)75-36-18-11-19-37-75/h10-73H,1-9H3/i28D,29D,30D,31D,50D,51D,52D,53D,54D,55D,60D,61D,64D,65D. The molecule has 0 aliphatic carbocycles. The Morgan fingerprint density at radius 1 is 0.244 bits per heavy atom. The van der Waals surface area contributed by atoms with Crippen LogP contribution in [0, 0.1) is 0 Å². The zero-order valence-electron chi connectivity index (χ0n) is 81.7. The summed E-state index contributed by atoms with van der Waals surface area (Å²) in [6.45, 7) is 19.3. The van der Waals surface area contributed by atoms with Crippen molar-refractivity contribution in [3.63, 3.8) is 0 Å². The molecule has 5 heteroatoms. The number of para-hydroxylation sites is 2. The highest BCUT2D eigenvalue weighted by Gasteiger charge is 2.47. The number of aromatic nitrogens is 2. The van der Waals surface area contributed by atoms with Gasteiger partial charge in [0.15, 0.2) is 0 Å². The maximum Gasteiger partial charge on any atom is 0.252 e. The van der Waals surface area contributed by atoms with E-state index in [0.717, 1.165) is 123 Å². The maximum absolute atomic E-state index is 10.5. The van der Waals surface area contributed by atoms with E-state index in [4.69, 9.17) is 0 Å². The van der Waals surface area contributed by atoms with E-state index in [-0.39, 0.29) is 91.0 Å². The number of anilines is 6. The molecule has 0 unspecified atom stereocenters. The van der Waals surface area contributed by atoms with Crippen LogP contribution in [-0.4, -0.2) is 15.8 Å². The minimum Gasteiger partial charge on any atom is -0.310 e. The SMILES string of the molecule is [2H]c1c([2H])c([2H])c2c(c1[2H])c1c([2H])c(-c3ccccc3)c([2H])c([2H])c1n2-c1ccc2c(c1)N(c1c(-c3ccccc3)cc(C(C)(C)C)cc1-c1ccccc1)c1cc(C(C)(C)C)cc3c1B2c1ccc(-n2c4c([2H])c([2H])c([2H])c([2H])c4c4c([2H])c(-c5ccccc5)c([2H])c([2H])c42)cc1N3c1c(-c2cccc(-c3ccccc3)c2)cc(C(C)(C)C)cc1-c1cccc(-c2ccccc2)c1. The van der Waals surface area contributed by atoms with Gasteiger partial charge >= 0.3 is 0 Å². The average molecular weight is 1540 g/mol. The van der Waals surface area contributed by atoms with Gasteiger partial charge in [-0.05, 0) is 225 Å². The van der Waals surface area contributed by atoms with Crippen molar-refractivity contribution in [2.24, 2.45) is 0 Å². The van der Waals surface area contributed by atoms with Gasteiger partial charge in [0.2, 0.25) is 0 Å². The van der Waals surface area contributed by atoms with E-state index in [1.807, 2.05) is 48.5 Å². The summed E-state index contributed by atoms with van der Waals surface area (Å²) >= 11 is 0. The summed E-state index contributed by atoms with van der Waals surface area (Å²) in [5, 5.41) is 0.233. The highest BCUT2D eigenvalue weighted by molar-refractivity contribution is 7.00. The van der Waals surface area contributed by atoms with Gasteiger partial charge in [-0.3, -0.25) is 0 Å². The van der Waals surface area contributed by atoms with Crippen molar-refractivity contribution in [3.8, 4) is 100 Å². The van der Waals surface area contributed by atoms with E-state index >= 15 is 0 Å². The second kappa shape index (κ2) is 28.4. The van der Waals surface area contributed by atoms with E-state index in [2.05, 4.69) is 278 Å². The summed E-state index contributed by atoms with van der Waals surface area (Å²) in [6, 6.07) is 98.2. The predicted octanol–water partition coefficient (Wildman–Crippen LogP) is 29.2. The normalized spacial score (nSPS) is 14.3. The van der Waals surface area contributed by atoms with Gasteiger partial charge in [-0.15, -0.1) is 0 Å². The van der Waals surface area contributed by atoms with Gasteiger partial charge in [-0.25, -0.2) is 0 Å². The van der Waals surface area contributed by atoms with Gasteiger partial charge in [-0.1, -0.05) is 341 Å². The fraction of sp³-hybridized carbons (Fsp3) is 0.105. The largest absolute Gasteiger partial charge is 0.310 e. The van der Waals surface area contributed by atoms with Crippen LogP contribution in [0.3, 0.4) is 0 Å². The second-order valence-electron chi connectivity index (χ2n) is 34.5. The Morgan fingerprint density at radius 3 is 0.908 bits per heavy atom. The molecule has 0 spiro atoms. The average Bonchev–Trinajstić information content (AvgIpc) is 1.34. The molecule has 17 aromatic carbocycles. The van der Waals surface area contributed by atoms with Gasteiger partial charge in [0, 0.05) is 77.9 Å². The van der Waals surface area contributed by atoms with Gasteiger partial charge in [-0.2, -0.15) is 0 Å². The van der Waals surface area contributed by atoms with Crippen molar-refractivity contribution in [3.05, 3.63) is 405 Å². The first-order valence-corrected chi connectivity index (χ1v) is 40.8. The van der Waals surface area contributed by atoms with Gasteiger partial charge in [0.05, 0.1) is 52.6 Å².